The van der Waals surface area contributed by atoms with E-state index in [0.29, 0.717) is 0 Å². The minimum absolute atomic E-state index is 0.104. The maximum Gasteiger partial charge on any atom is 0.174 e. The molecule has 0 heterocycles. The van der Waals surface area contributed by atoms with Gasteiger partial charge in [0, 0.05) is 3.57 Å². The van der Waals surface area contributed by atoms with Gasteiger partial charge in [-0.05, 0) is 52.1 Å². The first kappa shape index (κ1) is 13.3. The lowest BCUT2D eigenvalue weighted by Crippen LogP contribution is -2.17. The fourth-order valence-corrected chi connectivity index (χ4v) is 2.66. The van der Waals surface area contributed by atoms with Crippen molar-refractivity contribution in [3.8, 4) is 11.8 Å². The molecule has 1 aromatic carbocycles. The lowest BCUT2D eigenvalue weighted by Gasteiger charge is -2.25. The van der Waals surface area contributed by atoms with Crippen molar-refractivity contribution in [2.75, 3.05) is 6.61 Å². The third-order valence-corrected chi connectivity index (χ3v) is 3.75. The maximum absolute atomic E-state index is 8.44. The van der Waals surface area contributed by atoms with Gasteiger partial charge in [0.25, 0.3) is 0 Å². The van der Waals surface area contributed by atoms with Crippen molar-refractivity contribution in [3.63, 3.8) is 0 Å². The molecule has 16 heavy (non-hydrogen) atoms. The molecular formula is C13H16INO. The monoisotopic (exact) mass is 329 g/mol. The van der Waals surface area contributed by atoms with Gasteiger partial charge in [-0.25, -0.2) is 0 Å². The summed E-state index contributed by atoms with van der Waals surface area (Å²) in [6, 6.07) is 7.99. The van der Waals surface area contributed by atoms with Crippen molar-refractivity contribution in [2.45, 2.75) is 32.6 Å². The van der Waals surface area contributed by atoms with E-state index in [0.717, 1.165) is 12.2 Å². The van der Waals surface area contributed by atoms with Gasteiger partial charge in [-0.2, -0.15) is 5.26 Å². The average Bonchev–Trinajstić information content (AvgIpc) is 2.26. The normalized spacial score (nSPS) is 10.9. The number of nitriles is 1. The second-order valence-electron chi connectivity index (χ2n) is 4.33. The molecule has 0 saturated heterocycles. The van der Waals surface area contributed by atoms with Crippen molar-refractivity contribution in [1.29, 1.82) is 5.26 Å². The van der Waals surface area contributed by atoms with Crippen molar-refractivity contribution < 1.29 is 4.74 Å². The van der Waals surface area contributed by atoms with E-state index < -0.39 is 0 Å². The van der Waals surface area contributed by atoms with Crippen LogP contribution < -0.4 is 4.74 Å². The standard InChI is InChI=1S/C13H16INO/c1-4-13(2,3)11-6-5-10(9-12(11)14)16-8-7-15/h5-6,9H,4,8H2,1-3H3. The third-order valence-electron chi connectivity index (χ3n) is 2.86. The highest BCUT2D eigenvalue weighted by Crippen LogP contribution is 2.32. The van der Waals surface area contributed by atoms with E-state index in [1.165, 1.54) is 9.13 Å². The summed E-state index contributed by atoms with van der Waals surface area (Å²) >= 11 is 2.32. The summed E-state index contributed by atoms with van der Waals surface area (Å²) < 4.78 is 6.47. The molecule has 0 aliphatic carbocycles. The summed E-state index contributed by atoms with van der Waals surface area (Å²) in [5.74, 6) is 0.765. The summed E-state index contributed by atoms with van der Waals surface area (Å²) in [5, 5.41) is 8.44. The Balaban J connectivity index is 2.97. The Morgan fingerprint density at radius 2 is 2.12 bits per heavy atom. The topological polar surface area (TPSA) is 33.0 Å². The first-order chi connectivity index (χ1) is 7.51. The van der Waals surface area contributed by atoms with E-state index in [1.807, 2.05) is 18.2 Å². The van der Waals surface area contributed by atoms with Gasteiger partial charge in [-0.3, -0.25) is 0 Å². The molecule has 0 spiro atoms. The van der Waals surface area contributed by atoms with E-state index in [2.05, 4.69) is 49.4 Å². The fraction of sp³-hybridized carbons (Fsp3) is 0.462. The van der Waals surface area contributed by atoms with E-state index in [1.54, 1.807) is 0 Å². The molecule has 0 radical (unpaired) electrons. The van der Waals surface area contributed by atoms with Crippen LogP contribution in [0.4, 0.5) is 0 Å². The molecule has 0 fully saturated rings. The van der Waals surface area contributed by atoms with Crippen LogP contribution >= 0.6 is 22.6 Å². The molecule has 1 aromatic rings. The molecular weight excluding hydrogens is 313 g/mol. The highest BCUT2D eigenvalue weighted by atomic mass is 127. The molecule has 0 aliphatic heterocycles. The van der Waals surface area contributed by atoms with Gasteiger partial charge in [0.2, 0.25) is 0 Å². The molecule has 0 saturated carbocycles. The smallest absolute Gasteiger partial charge is 0.174 e. The molecule has 0 bridgehead atoms. The van der Waals surface area contributed by atoms with Crippen LogP contribution in [-0.2, 0) is 5.41 Å². The largest absolute Gasteiger partial charge is 0.479 e. The van der Waals surface area contributed by atoms with Crippen molar-refractivity contribution in [3.05, 3.63) is 27.3 Å². The second-order valence-corrected chi connectivity index (χ2v) is 5.49. The summed E-state index contributed by atoms with van der Waals surface area (Å²) in [4.78, 5) is 0. The average molecular weight is 329 g/mol. The Kier molecular flexibility index (Phi) is 4.60. The molecule has 0 atom stereocenters. The molecule has 1 rings (SSSR count). The van der Waals surface area contributed by atoms with Gasteiger partial charge in [-0.15, -0.1) is 0 Å². The van der Waals surface area contributed by atoms with Gasteiger partial charge >= 0.3 is 0 Å². The van der Waals surface area contributed by atoms with Crippen LogP contribution in [0.1, 0.15) is 32.8 Å². The number of ether oxygens (including phenoxy) is 1. The van der Waals surface area contributed by atoms with E-state index in [4.69, 9.17) is 10.00 Å². The molecule has 0 N–H and O–H groups in total. The molecule has 86 valence electrons. The van der Waals surface area contributed by atoms with Gasteiger partial charge in [0.05, 0.1) is 0 Å². The lowest BCUT2D eigenvalue weighted by atomic mass is 9.82. The highest BCUT2D eigenvalue weighted by molar-refractivity contribution is 14.1. The third kappa shape index (κ3) is 3.11. The molecule has 0 aliphatic rings. The summed E-state index contributed by atoms with van der Waals surface area (Å²) in [6.45, 7) is 6.77. The van der Waals surface area contributed by atoms with Crippen LogP contribution in [0.2, 0.25) is 0 Å². The quantitative estimate of drug-likeness (QED) is 0.786. The molecule has 0 aromatic heterocycles. The number of rotatable bonds is 4. The predicted octanol–water partition coefficient (Wildman–Crippen LogP) is 3.88. The first-order valence-corrected chi connectivity index (χ1v) is 6.39. The number of hydrogen-bond donors (Lipinski definition) is 0. The van der Waals surface area contributed by atoms with E-state index in [-0.39, 0.29) is 12.0 Å². The van der Waals surface area contributed by atoms with Gasteiger partial charge in [0.15, 0.2) is 6.61 Å². The molecule has 3 heteroatoms. The van der Waals surface area contributed by atoms with E-state index in [9.17, 15) is 0 Å². The Morgan fingerprint density at radius 3 is 2.62 bits per heavy atom. The SMILES string of the molecule is CCC(C)(C)c1ccc(OCC#N)cc1I. The number of benzene rings is 1. The number of hydrogen-bond acceptors (Lipinski definition) is 2. The van der Waals surface area contributed by atoms with Gasteiger partial charge in [-0.1, -0.05) is 26.8 Å². The van der Waals surface area contributed by atoms with Crippen LogP contribution in [0.5, 0.6) is 5.75 Å². The number of nitrogens with zero attached hydrogens (tertiary/aromatic N) is 1. The highest BCUT2D eigenvalue weighted by Gasteiger charge is 2.20. The van der Waals surface area contributed by atoms with Crippen molar-refractivity contribution >= 4 is 22.6 Å². The minimum Gasteiger partial charge on any atom is -0.479 e. The van der Waals surface area contributed by atoms with Crippen LogP contribution in [0.3, 0.4) is 0 Å². The maximum atomic E-state index is 8.44. The number of halogens is 1. The van der Waals surface area contributed by atoms with Gasteiger partial charge in [0.1, 0.15) is 11.8 Å². The van der Waals surface area contributed by atoms with E-state index >= 15 is 0 Å². The summed E-state index contributed by atoms with van der Waals surface area (Å²) in [5.41, 5.74) is 1.52. The zero-order valence-electron chi connectivity index (χ0n) is 9.88. The Hall–Kier alpha value is -0.760. The predicted molar refractivity (Wildman–Crippen MR) is 73.6 cm³/mol. The van der Waals surface area contributed by atoms with Crippen LogP contribution in [0.15, 0.2) is 18.2 Å². The summed E-state index contributed by atoms with van der Waals surface area (Å²) in [6.07, 6.45) is 1.10. The zero-order chi connectivity index (χ0) is 12.2. The fourth-order valence-electron chi connectivity index (χ4n) is 1.44. The minimum atomic E-state index is 0.104. The zero-order valence-corrected chi connectivity index (χ0v) is 12.0. The van der Waals surface area contributed by atoms with Crippen molar-refractivity contribution in [1.82, 2.24) is 0 Å². The van der Waals surface area contributed by atoms with Crippen LogP contribution in [0, 0.1) is 14.9 Å². The van der Waals surface area contributed by atoms with Crippen LogP contribution in [0.25, 0.3) is 0 Å². The second kappa shape index (κ2) is 5.53. The Bertz CT molecular complexity index is 407. The van der Waals surface area contributed by atoms with Gasteiger partial charge < -0.3 is 4.74 Å². The van der Waals surface area contributed by atoms with Crippen molar-refractivity contribution in [2.24, 2.45) is 0 Å². The van der Waals surface area contributed by atoms with Crippen LogP contribution in [-0.4, -0.2) is 6.61 Å². The molecule has 0 unspecified atom stereocenters. The summed E-state index contributed by atoms with van der Waals surface area (Å²) in [7, 11) is 0. The molecule has 0 amide bonds. The Labute approximate surface area is 111 Å². The Morgan fingerprint density at radius 1 is 1.44 bits per heavy atom. The first-order valence-electron chi connectivity index (χ1n) is 5.31. The lowest BCUT2D eigenvalue weighted by molar-refractivity contribution is 0.367. The molecule has 2 nitrogen and oxygen atoms in total.